The van der Waals surface area contributed by atoms with Crippen molar-refractivity contribution in [1.29, 1.82) is 0 Å². The molecule has 0 radical (unpaired) electrons. The van der Waals surface area contributed by atoms with Crippen LogP contribution in [0.5, 0.6) is 0 Å². The van der Waals surface area contributed by atoms with Crippen molar-refractivity contribution in [3.63, 3.8) is 0 Å². The Morgan fingerprint density at radius 2 is 1.52 bits per heavy atom. The number of para-hydroxylation sites is 1. The Morgan fingerprint density at radius 3 is 2.26 bits per heavy atom. The van der Waals surface area contributed by atoms with Crippen molar-refractivity contribution < 1.29 is 22.8 Å². The predicted octanol–water partition coefficient (Wildman–Crippen LogP) is 4.45. The van der Waals surface area contributed by atoms with E-state index in [0.29, 0.717) is 18.5 Å². The van der Waals surface area contributed by atoms with Crippen LogP contribution in [-0.4, -0.2) is 18.4 Å². The van der Waals surface area contributed by atoms with E-state index in [0.717, 1.165) is 28.3 Å². The van der Waals surface area contributed by atoms with Crippen molar-refractivity contribution >= 4 is 28.8 Å². The summed E-state index contributed by atoms with van der Waals surface area (Å²) in [6, 6.07) is 15.6. The molecule has 0 spiro atoms. The second-order valence-corrected chi connectivity index (χ2v) is 7.30. The van der Waals surface area contributed by atoms with Crippen molar-refractivity contribution in [2.75, 3.05) is 16.3 Å². The van der Waals surface area contributed by atoms with Crippen molar-refractivity contribution in [2.24, 2.45) is 0 Å². The van der Waals surface area contributed by atoms with Crippen molar-refractivity contribution in [2.45, 2.75) is 6.42 Å². The maximum atomic E-state index is 13.9. The van der Waals surface area contributed by atoms with E-state index in [1.165, 1.54) is 30.3 Å². The molecule has 2 heterocycles. The van der Waals surface area contributed by atoms with Gasteiger partial charge in [0, 0.05) is 18.3 Å². The molecule has 2 aliphatic rings. The molecule has 0 saturated heterocycles. The summed E-state index contributed by atoms with van der Waals surface area (Å²) in [5.74, 6) is -4.05. The molecular formula is C24H15F3N2O2. The quantitative estimate of drug-likeness (QED) is 0.588. The molecule has 3 aromatic carbocycles. The Bertz CT molecular complexity index is 1270. The summed E-state index contributed by atoms with van der Waals surface area (Å²) in [6.45, 7) is 0.476. The number of fused-ring (bicyclic) bond motifs is 1. The lowest BCUT2D eigenvalue weighted by Crippen LogP contribution is -2.35. The topological polar surface area (TPSA) is 40.6 Å². The minimum absolute atomic E-state index is 0.0732. The van der Waals surface area contributed by atoms with Crippen LogP contribution in [0.2, 0.25) is 0 Å². The highest BCUT2D eigenvalue weighted by molar-refractivity contribution is 6.46. The Kier molecular flexibility index (Phi) is 4.39. The number of amides is 2. The molecule has 31 heavy (non-hydrogen) atoms. The van der Waals surface area contributed by atoms with Crippen LogP contribution in [0, 0.1) is 17.5 Å². The lowest BCUT2D eigenvalue weighted by Gasteiger charge is -2.22. The molecule has 2 amide bonds. The fourth-order valence-corrected chi connectivity index (χ4v) is 4.07. The summed E-state index contributed by atoms with van der Waals surface area (Å²) in [6.07, 6.45) is 0.684. The standard InChI is InChI=1S/C24H15F3N2O2/c25-16-7-5-15(6-8-16)21-22(28-12-11-14-3-1-2-4-20(14)28)24(31)29(23(21)30)17-9-10-18(26)19(27)13-17/h1-10,13H,11-12H2. The number of carbonyl (C=O) groups is 2. The van der Waals surface area contributed by atoms with Crippen molar-refractivity contribution in [3.05, 3.63) is 101 Å². The number of hydrogen-bond acceptors (Lipinski definition) is 3. The Labute approximate surface area is 175 Å². The number of nitrogens with zero attached hydrogens (tertiary/aromatic N) is 2. The van der Waals surface area contributed by atoms with Gasteiger partial charge in [0.25, 0.3) is 11.8 Å². The molecule has 0 aliphatic carbocycles. The maximum absolute atomic E-state index is 13.9. The molecule has 0 aromatic heterocycles. The molecule has 0 unspecified atom stereocenters. The van der Waals surface area contributed by atoms with E-state index in [9.17, 15) is 22.8 Å². The summed E-state index contributed by atoms with van der Waals surface area (Å²) in [5, 5.41) is 0. The van der Waals surface area contributed by atoms with Crippen LogP contribution in [0.1, 0.15) is 11.1 Å². The molecule has 4 nitrogen and oxygen atoms in total. The highest BCUT2D eigenvalue weighted by atomic mass is 19.2. The number of carbonyl (C=O) groups excluding carboxylic acids is 2. The molecule has 0 saturated carbocycles. The average Bonchev–Trinajstić information content (AvgIpc) is 3.29. The highest BCUT2D eigenvalue weighted by Crippen LogP contribution is 2.40. The predicted molar refractivity (Wildman–Crippen MR) is 110 cm³/mol. The third kappa shape index (κ3) is 3.01. The first-order valence-corrected chi connectivity index (χ1v) is 9.65. The van der Waals surface area contributed by atoms with E-state index in [2.05, 4.69) is 0 Å². The van der Waals surface area contributed by atoms with E-state index in [4.69, 9.17) is 0 Å². The van der Waals surface area contributed by atoms with Gasteiger partial charge in [0.15, 0.2) is 11.6 Å². The van der Waals surface area contributed by atoms with E-state index < -0.39 is 29.3 Å². The van der Waals surface area contributed by atoms with Gasteiger partial charge in [0.2, 0.25) is 0 Å². The minimum Gasteiger partial charge on any atom is -0.336 e. The molecule has 0 fully saturated rings. The van der Waals surface area contributed by atoms with Crippen LogP contribution in [-0.2, 0) is 16.0 Å². The monoisotopic (exact) mass is 420 g/mol. The number of imide groups is 1. The van der Waals surface area contributed by atoms with Crippen LogP contribution < -0.4 is 9.80 Å². The number of halogens is 3. The lowest BCUT2D eigenvalue weighted by molar-refractivity contribution is -0.120. The van der Waals surface area contributed by atoms with E-state index in [1.54, 1.807) is 4.90 Å². The summed E-state index contributed by atoms with van der Waals surface area (Å²) >= 11 is 0. The Morgan fingerprint density at radius 1 is 0.774 bits per heavy atom. The second-order valence-electron chi connectivity index (χ2n) is 7.30. The first kappa shape index (κ1) is 19.1. The van der Waals surface area contributed by atoms with Gasteiger partial charge in [-0.2, -0.15) is 0 Å². The van der Waals surface area contributed by atoms with Gasteiger partial charge < -0.3 is 4.90 Å². The minimum atomic E-state index is -1.17. The van der Waals surface area contributed by atoms with Gasteiger partial charge >= 0.3 is 0 Å². The number of benzene rings is 3. The van der Waals surface area contributed by atoms with Gasteiger partial charge in [-0.25, -0.2) is 18.1 Å². The fraction of sp³-hybridized carbons (Fsp3) is 0.0833. The number of hydrogen-bond donors (Lipinski definition) is 0. The number of anilines is 2. The van der Waals surface area contributed by atoms with Crippen molar-refractivity contribution in [1.82, 2.24) is 0 Å². The smallest absolute Gasteiger partial charge is 0.282 e. The average molecular weight is 420 g/mol. The van der Waals surface area contributed by atoms with E-state index in [1.807, 2.05) is 24.3 Å². The van der Waals surface area contributed by atoms with Gasteiger partial charge in [0.1, 0.15) is 11.5 Å². The SMILES string of the molecule is O=C1C(c2ccc(F)cc2)=C(N2CCc3ccccc32)C(=O)N1c1ccc(F)c(F)c1. The molecule has 7 heteroatoms. The zero-order valence-corrected chi connectivity index (χ0v) is 16.1. The first-order chi connectivity index (χ1) is 15.0. The molecule has 3 aromatic rings. The third-order valence-corrected chi connectivity index (χ3v) is 5.51. The molecule has 5 rings (SSSR count). The summed E-state index contributed by atoms with van der Waals surface area (Å²) < 4.78 is 40.8. The van der Waals surface area contributed by atoms with Crippen molar-refractivity contribution in [3.8, 4) is 0 Å². The lowest BCUT2D eigenvalue weighted by atomic mass is 10.0. The molecule has 0 atom stereocenters. The maximum Gasteiger partial charge on any atom is 0.282 e. The second kappa shape index (κ2) is 7.12. The zero-order chi connectivity index (χ0) is 21.7. The third-order valence-electron chi connectivity index (χ3n) is 5.51. The fourth-order valence-electron chi connectivity index (χ4n) is 4.07. The largest absolute Gasteiger partial charge is 0.336 e. The van der Waals surface area contributed by atoms with Gasteiger partial charge in [-0.1, -0.05) is 30.3 Å². The van der Waals surface area contributed by atoms with Crippen LogP contribution in [0.4, 0.5) is 24.5 Å². The van der Waals surface area contributed by atoms with Gasteiger partial charge in [-0.3, -0.25) is 9.59 Å². The van der Waals surface area contributed by atoms with Crippen LogP contribution in [0.25, 0.3) is 5.57 Å². The summed E-state index contributed by atoms with van der Waals surface area (Å²) in [4.78, 5) is 29.5. The van der Waals surface area contributed by atoms with Gasteiger partial charge in [-0.05, 0) is 47.9 Å². The molecule has 154 valence electrons. The number of rotatable bonds is 3. The Hall–Kier alpha value is -3.87. The zero-order valence-electron chi connectivity index (χ0n) is 16.1. The summed E-state index contributed by atoms with van der Waals surface area (Å²) in [7, 11) is 0. The molecule has 0 bridgehead atoms. The van der Waals surface area contributed by atoms with Crippen LogP contribution in [0.15, 0.2) is 72.4 Å². The van der Waals surface area contributed by atoms with E-state index >= 15 is 0 Å². The van der Waals surface area contributed by atoms with Gasteiger partial charge in [-0.15, -0.1) is 0 Å². The molecule has 2 aliphatic heterocycles. The summed E-state index contributed by atoms with van der Waals surface area (Å²) in [5.41, 5.74) is 2.34. The van der Waals surface area contributed by atoms with E-state index in [-0.39, 0.29) is 17.0 Å². The van der Waals surface area contributed by atoms with Gasteiger partial charge in [0.05, 0.1) is 11.3 Å². The highest BCUT2D eigenvalue weighted by Gasteiger charge is 2.44. The van der Waals surface area contributed by atoms with Crippen LogP contribution >= 0.6 is 0 Å². The molecule has 0 N–H and O–H groups in total. The first-order valence-electron chi connectivity index (χ1n) is 9.65. The van der Waals surface area contributed by atoms with Crippen LogP contribution in [0.3, 0.4) is 0 Å². The molecular weight excluding hydrogens is 405 g/mol. The Balaban J connectivity index is 1.68. The normalized spacial score (nSPS) is 15.8.